The number of carboxylic acids is 1. The molecule has 0 bridgehead atoms. The van der Waals surface area contributed by atoms with E-state index in [0.29, 0.717) is 24.5 Å². The van der Waals surface area contributed by atoms with Gasteiger partial charge in [0, 0.05) is 42.5 Å². The second-order valence-electron chi connectivity index (χ2n) is 8.74. The van der Waals surface area contributed by atoms with Crippen molar-refractivity contribution in [1.29, 1.82) is 0 Å². The fourth-order valence-electron chi connectivity index (χ4n) is 3.60. The molecule has 8 heteroatoms. The Morgan fingerprint density at radius 2 is 1.97 bits per heavy atom. The van der Waals surface area contributed by atoms with Gasteiger partial charge in [0.25, 0.3) is 0 Å². The van der Waals surface area contributed by atoms with Crippen molar-refractivity contribution >= 4 is 17.8 Å². The largest absolute Gasteiger partial charge is 0.476 e. The molecule has 1 aliphatic heterocycles. The number of carbonyl (C=O) groups is 2. The first-order valence-electron chi connectivity index (χ1n) is 9.77. The van der Waals surface area contributed by atoms with Gasteiger partial charge in [0.2, 0.25) is 0 Å². The molecule has 3 heterocycles. The zero-order valence-corrected chi connectivity index (χ0v) is 17.8. The van der Waals surface area contributed by atoms with E-state index in [-0.39, 0.29) is 17.7 Å². The lowest BCUT2D eigenvalue weighted by Gasteiger charge is -2.33. The van der Waals surface area contributed by atoms with E-state index in [4.69, 9.17) is 4.74 Å². The summed E-state index contributed by atoms with van der Waals surface area (Å²) in [6.45, 7) is 12.6. The zero-order chi connectivity index (χ0) is 21.5. The number of nitrogens with zero attached hydrogens (tertiary/aromatic N) is 4. The third-order valence-corrected chi connectivity index (χ3v) is 4.76. The van der Waals surface area contributed by atoms with Crippen molar-refractivity contribution in [3.63, 3.8) is 0 Å². The molecule has 0 saturated carbocycles. The molecule has 0 unspecified atom stereocenters. The number of hydrogen-bond acceptors (Lipinski definition) is 6. The van der Waals surface area contributed by atoms with Crippen molar-refractivity contribution in [3.05, 3.63) is 40.8 Å². The Kier molecular flexibility index (Phi) is 5.38. The van der Waals surface area contributed by atoms with Gasteiger partial charge in [-0.2, -0.15) is 5.10 Å². The van der Waals surface area contributed by atoms with Gasteiger partial charge in [-0.25, -0.2) is 14.6 Å². The summed E-state index contributed by atoms with van der Waals surface area (Å²) < 4.78 is 7.19. The molecule has 1 N–H and O–H groups in total. The summed E-state index contributed by atoms with van der Waals surface area (Å²) in [6, 6.07) is 3.54. The standard InChI is InChI=1S/C21H28N4O4/c1-12(2)25-18-13(3)10-24(11-15(18)17(23-25)19(26)27)16-8-7-14(9-22-16)20(28)29-21(4,5)6/h7-9,12-13H,10-11H2,1-6H3,(H,26,27)/t13-/m0/s1. The van der Waals surface area contributed by atoms with Crippen LogP contribution in [0.2, 0.25) is 0 Å². The molecule has 1 aliphatic rings. The van der Waals surface area contributed by atoms with E-state index in [1.54, 1.807) is 12.1 Å². The summed E-state index contributed by atoms with van der Waals surface area (Å²) in [5.74, 6) is -0.669. The highest BCUT2D eigenvalue weighted by molar-refractivity contribution is 5.89. The third-order valence-electron chi connectivity index (χ3n) is 4.76. The normalized spacial score (nSPS) is 16.7. The quantitative estimate of drug-likeness (QED) is 0.783. The maximum Gasteiger partial charge on any atom is 0.356 e. The second kappa shape index (κ2) is 7.50. The van der Waals surface area contributed by atoms with Crippen LogP contribution in [-0.4, -0.2) is 44.0 Å². The van der Waals surface area contributed by atoms with Crippen LogP contribution in [0.15, 0.2) is 18.3 Å². The van der Waals surface area contributed by atoms with E-state index in [0.717, 1.165) is 11.3 Å². The van der Waals surface area contributed by atoms with E-state index in [1.807, 2.05) is 44.2 Å². The highest BCUT2D eigenvalue weighted by atomic mass is 16.6. The van der Waals surface area contributed by atoms with Gasteiger partial charge >= 0.3 is 11.9 Å². The minimum Gasteiger partial charge on any atom is -0.476 e. The van der Waals surface area contributed by atoms with Crippen molar-refractivity contribution in [2.75, 3.05) is 11.4 Å². The van der Waals surface area contributed by atoms with Crippen LogP contribution in [0.1, 0.15) is 85.6 Å². The molecule has 2 aromatic heterocycles. The Bertz CT molecular complexity index is 925. The summed E-state index contributed by atoms with van der Waals surface area (Å²) in [7, 11) is 0. The van der Waals surface area contributed by atoms with Gasteiger partial charge in [-0.15, -0.1) is 0 Å². The lowest BCUT2D eigenvalue weighted by Crippen LogP contribution is -2.34. The van der Waals surface area contributed by atoms with E-state index in [9.17, 15) is 14.7 Å². The highest BCUT2D eigenvalue weighted by Crippen LogP contribution is 2.34. The maximum absolute atomic E-state index is 12.2. The maximum atomic E-state index is 12.2. The van der Waals surface area contributed by atoms with Gasteiger partial charge in [-0.1, -0.05) is 6.92 Å². The molecule has 29 heavy (non-hydrogen) atoms. The van der Waals surface area contributed by atoms with Gasteiger partial charge < -0.3 is 14.7 Å². The number of aromatic nitrogens is 3. The molecule has 0 amide bonds. The lowest BCUT2D eigenvalue weighted by molar-refractivity contribution is 0.00689. The number of fused-ring (bicyclic) bond motifs is 1. The number of rotatable bonds is 4. The van der Waals surface area contributed by atoms with Crippen molar-refractivity contribution in [2.45, 2.75) is 65.6 Å². The molecule has 0 spiro atoms. The van der Waals surface area contributed by atoms with Gasteiger partial charge in [0.1, 0.15) is 11.4 Å². The molecule has 156 valence electrons. The van der Waals surface area contributed by atoms with Crippen LogP contribution in [-0.2, 0) is 11.3 Å². The third kappa shape index (κ3) is 4.26. The summed E-state index contributed by atoms with van der Waals surface area (Å²) in [5, 5.41) is 14.0. The first-order valence-corrected chi connectivity index (χ1v) is 9.77. The Hall–Kier alpha value is -2.90. The first-order chi connectivity index (χ1) is 13.5. The van der Waals surface area contributed by atoms with E-state index >= 15 is 0 Å². The highest BCUT2D eigenvalue weighted by Gasteiger charge is 2.33. The number of carboxylic acid groups (broad SMARTS) is 1. The molecular weight excluding hydrogens is 372 g/mol. The van der Waals surface area contributed by atoms with Crippen molar-refractivity contribution in [3.8, 4) is 0 Å². The van der Waals surface area contributed by atoms with E-state index < -0.39 is 17.5 Å². The number of ether oxygens (including phenoxy) is 1. The molecule has 2 aromatic rings. The van der Waals surface area contributed by atoms with Crippen molar-refractivity contribution in [1.82, 2.24) is 14.8 Å². The Morgan fingerprint density at radius 1 is 1.28 bits per heavy atom. The van der Waals surface area contributed by atoms with Gasteiger partial charge in [-0.05, 0) is 46.8 Å². The Morgan fingerprint density at radius 3 is 2.48 bits per heavy atom. The number of anilines is 1. The Labute approximate surface area is 170 Å². The number of esters is 1. The fourth-order valence-corrected chi connectivity index (χ4v) is 3.60. The van der Waals surface area contributed by atoms with Crippen LogP contribution < -0.4 is 4.90 Å². The molecule has 0 aliphatic carbocycles. The average Bonchev–Trinajstić information content (AvgIpc) is 3.01. The molecule has 0 fully saturated rings. The van der Waals surface area contributed by atoms with Crippen molar-refractivity contribution in [2.24, 2.45) is 0 Å². The van der Waals surface area contributed by atoms with E-state index in [1.165, 1.54) is 6.20 Å². The summed E-state index contributed by atoms with van der Waals surface area (Å²) >= 11 is 0. The summed E-state index contributed by atoms with van der Waals surface area (Å²) in [4.78, 5) is 30.4. The average molecular weight is 400 g/mol. The van der Waals surface area contributed by atoms with Crippen LogP contribution in [0.25, 0.3) is 0 Å². The minimum atomic E-state index is -1.03. The molecular formula is C21H28N4O4. The number of aromatic carboxylic acids is 1. The van der Waals surface area contributed by atoms with Crippen LogP contribution in [0.4, 0.5) is 5.82 Å². The predicted molar refractivity (Wildman–Crippen MR) is 108 cm³/mol. The van der Waals surface area contributed by atoms with Gasteiger partial charge in [-0.3, -0.25) is 4.68 Å². The fraction of sp³-hybridized carbons (Fsp3) is 0.524. The van der Waals surface area contributed by atoms with Gasteiger partial charge in [0.05, 0.1) is 5.56 Å². The minimum absolute atomic E-state index is 0.0806. The van der Waals surface area contributed by atoms with Crippen LogP contribution in [0, 0.1) is 0 Å². The number of pyridine rings is 1. The molecule has 0 radical (unpaired) electrons. The smallest absolute Gasteiger partial charge is 0.356 e. The SMILES string of the molecule is CC(C)n1nc(C(=O)O)c2c1[C@@H](C)CN(c1ccc(C(=O)OC(C)(C)C)cn1)C2. The molecule has 8 nitrogen and oxygen atoms in total. The van der Waals surface area contributed by atoms with Crippen molar-refractivity contribution < 1.29 is 19.4 Å². The summed E-state index contributed by atoms with van der Waals surface area (Å²) in [5.41, 5.74) is 1.60. The van der Waals surface area contributed by atoms with Gasteiger partial charge in [0.15, 0.2) is 5.69 Å². The topological polar surface area (TPSA) is 97.6 Å². The van der Waals surface area contributed by atoms with Crippen LogP contribution in [0.3, 0.4) is 0 Å². The Balaban J connectivity index is 1.88. The molecule has 0 saturated heterocycles. The summed E-state index contributed by atoms with van der Waals surface area (Å²) in [6.07, 6.45) is 1.50. The first kappa shape index (κ1) is 20.8. The predicted octanol–water partition coefficient (Wildman–Crippen LogP) is 3.64. The number of carbonyl (C=O) groups excluding carboxylic acids is 1. The monoisotopic (exact) mass is 400 g/mol. The molecule has 0 aromatic carbocycles. The molecule has 1 atom stereocenters. The zero-order valence-electron chi connectivity index (χ0n) is 17.8. The van der Waals surface area contributed by atoms with Crippen LogP contribution in [0.5, 0.6) is 0 Å². The lowest BCUT2D eigenvalue weighted by atomic mass is 9.95. The second-order valence-corrected chi connectivity index (χ2v) is 8.74. The molecule has 3 rings (SSSR count). The van der Waals surface area contributed by atoms with E-state index in [2.05, 4.69) is 17.0 Å². The van der Waals surface area contributed by atoms with Crippen LogP contribution >= 0.6 is 0 Å². The number of hydrogen-bond donors (Lipinski definition) is 1.